The van der Waals surface area contributed by atoms with E-state index >= 15 is 0 Å². The van der Waals surface area contributed by atoms with Crippen molar-refractivity contribution in [2.75, 3.05) is 13.1 Å². The highest BCUT2D eigenvalue weighted by Crippen LogP contribution is 2.16. The van der Waals surface area contributed by atoms with E-state index < -0.39 is 0 Å². The molecule has 0 radical (unpaired) electrons. The number of fused-ring (bicyclic) bond motifs is 1. The van der Waals surface area contributed by atoms with Crippen molar-refractivity contribution < 1.29 is 0 Å². The van der Waals surface area contributed by atoms with Gasteiger partial charge in [-0.05, 0) is 29.3 Å². The van der Waals surface area contributed by atoms with Crippen LogP contribution in [0.25, 0.3) is 10.8 Å². The van der Waals surface area contributed by atoms with Crippen LogP contribution in [0.15, 0.2) is 47.5 Å². The summed E-state index contributed by atoms with van der Waals surface area (Å²) in [5, 5.41) is 8.73. The molecule has 0 unspecified atom stereocenters. The lowest BCUT2D eigenvalue weighted by atomic mass is 10.1. The third kappa shape index (κ3) is 5.27. The maximum absolute atomic E-state index is 5.25. The van der Waals surface area contributed by atoms with Gasteiger partial charge in [0.1, 0.15) is 0 Å². The van der Waals surface area contributed by atoms with Crippen LogP contribution >= 0.6 is 24.0 Å². The number of hydrogen-bond acceptors (Lipinski definition) is 1. The molecule has 0 spiro atoms. The molecule has 2 N–H and O–H groups in total. The summed E-state index contributed by atoms with van der Waals surface area (Å²) in [7, 11) is 0. The van der Waals surface area contributed by atoms with Crippen LogP contribution in [-0.4, -0.2) is 19.0 Å². The molecule has 0 fully saturated rings. The van der Waals surface area contributed by atoms with E-state index in [9.17, 15) is 0 Å². The minimum Gasteiger partial charge on any atom is -0.357 e. The maximum Gasteiger partial charge on any atom is 0.192 e. The Morgan fingerprint density at radius 3 is 2.62 bits per heavy atom. The van der Waals surface area contributed by atoms with Crippen molar-refractivity contribution >= 4 is 40.7 Å². The van der Waals surface area contributed by atoms with Gasteiger partial charge in [0, 0.05) is 6.54 Å². The van der Waals surface area contributed by atoms with Gasteiger partial charge in [0.05, 0.1) is 13.1 Å². The Balaban J connectivity index is 0.00000220. The average Bonchev–Trinajstić information content (AvgIpc) is 2.50. The molecule has 0 heterocycles. The summed E-state index contributed by atoms with van der Waals surface area (Å²) in [5.74, 6) is 3.30. The summed E-state index contributed by atoms with van der Waals surface area (Å²) in [6.07, 6.45) is 5.25. The molecule has 2 aromatic carbocycles. The molecule has 0 aromatic heterocycles. The summed E-state index contributed by atoms with van der Waals surface area (Å²) in [6.45, 7) is 3.95. The Morgan fingerprint density at radius 1 is 1.14 bits per heavy atom. The van der Waals surface area contributed by atoms with Gasteiger partial charge in [-0.1, -0.05) is 42.3 Å². The SMILES string of the molecule is C#CCNC(=NCc1ccc2ccccc2c1)NCC.I. The Labute approximate surface area is 143 Å². The lowest BCUT2D eigenvalue weighted by Crippen LogP contribution is -2.37. The van der Waals surface area contributed by atoms with E-state index in [-0.39, 0.29) is 24.0 Å². The molecular formula is C17H20IN3. The Bertz CT molecular complexity index is 644. The van der Waals surface area contributed by atoms with Crippen molar-refractivity contribution in [3.63, 3.8) is 0 Å². The van der Waals surface area contributed by atoms with E-state index in [0.717, 1.165) is 12.5 Å². The molecule has 2 aromatic rings. The molecule has 0 amide bonds. The van der Waals surface area contributed by atoms with Gasteiger partial charge >= 0.3 is 0 Å². The van der Waals surface area contributed by atoms with Crippen LogP contribution in [0.5, 0.6) is 0 Å². The fraction of sp³-hybridized carbons (Fsp3) is 0.235. The Kier molecular flexibility index (Phi) is 7.62. The number of benzene rings is 2. The number of halogens is 1. The molecule has 0 aliphatic carbocycles. The van der Waals surface area contributed by atoms with Gasteiger partial charge in [-0.2, -0.15) is 0 Å². The van der Waals surface area contributed by atoms with Crippen LogP contribution in [0.1, 0.15) is 12.5 Å². The molecular weight excluding hydrogens is 373 g/mol. The van der Waals surface area contributed by atoms with Crippen molar-refractivity contribution in [2.45, 2.75) is 13.5 Å². The Morgan fingerprint density at radius 2 is 1.90 bits per heavy atom. The maximum atomic E-state index is 5.25. The molecule has 110 valence electrons. The van der Waals surface area contributed by atoms with Gasteiger partial charge in [0.15, 0.2) is 5.96 Å². The molecule has 0 saturated heterocycles. The molecule has 21 heavy (non-hydrogen) atoms. The number of terminal acetylenes is 1. The van der Waals surface area contributed by atoms with E-state index in [1.54, 1.807) is 0 Å². The number of nitrogens with one attached hydrogen (secondary N) is 2. The third-order valence-electron chi connectivity index (χ3n) is 2.94. The smallest absolute Gasteiger partial charge is 0.192 e. The van der Waals surface area contributed by atoms with Gasteiger partial charge in [-0.3, -0.25) is 0 Å². The number of aliphatic imine (C=N–C) groups is 1. The lowest BCUT2D eigenvalue weighted by Gasteiger charge is -2.09. The van der Waals surface area contributed by atoms with E-state index in [0.29, 0.717) is 13.1 Å². The minimum absolute atomic E-state index is 0. The van der Waals surface area contributed by atoms with Crippen LogP contribution in [-0.2, 0) is 6.54 Å². The van der Waals surface area contributed by atoms with Crippen molar-refractivity contribution in [2.24, 2.45) is 4.99 Å². The zero-order valence-electron chi connectivity index (χ0n) is 12.1. The molecule has 0 saturated carbocycles. The second-order valence-electron chi connectivity index (χ2n) is 4.43. The number of rotatable bonds is 4. The fourth-order valence-electron chi connectivity index (χ4n) is 1.98. The van der Waals surface area contributed by atoms with Crippen LogP contribution in [0, 0.1) is 12.3 Å². The first-order valence-electron chi connectivity index (χ1n) is 6.77. The van der Waals surface area contributed by atoms with Crippen molar-refractivity contribution in [3.05, 3.63) is 48.0 Å². The van der Waals surface area contributed by atoms with Gasteiger partial charge < -0.3 is 10.6 Å². The normalized spacial score (nSPS) is 10.6. The van der Waals surface area contributed by atoms with Gasteiger partial charge in [-0.25, -0.2) is 4.99 Å². The molecule has 2 rings (SSSR count). The van der Waals surface area contributed by atoms with Crippen molar-refractivity contribution in [3.8, 4) is 12.3 Å². The highest BCUT2D eigenvalue weighted by molar-refractivity contribution is 14.0. The zero-order valence-corrected chi connectivity index (χ0v) is 14.4. The zero-order chi connectivity index (χ0) is 14.2. The Hall–Kier alpha value is -1.74. The first kappa shape index (κ1) is 17.3. The van der Waals surface area contributed by atoms with Gasteiger partial charge in [0.2, 0.25) is 0 Å². The molecule has 3 nitrogen and oxygen atoms in total. The third-order valence-corrected chi connectivity index (χ3v) is 2.94. The lowest BCUT2D eigenvalue weighted by molar-refractivity contribution is 0.865. The number of hydrogen-bond donors (Lipinski definition) is 2. The molecule has 0 aliphatic rings. The van der Waals surface area contributed by atoms with Gasteiger partial charge in [0.25, 0.3) is 0 Å². The summed E-state index contributed by atoms with van der Waals surface area (Å²) in [4.78, 5) is 4.53. The number of guanidine groups is 1. The van der Waals surface area contributed by atoms with Crippen LogP contribution in [0.4, 0.5) is 0 Å². The summed E-state index contributed by atoms with van der Waals surface area (Å²) in [6, 6.07) is 14.7. The minimum atomic E-state index is 0. The predicted molar refractivity (Wildman–Crippen MR) is 101 cm³/mol. The van der Waals surface area contributed by atoms with E-state index in [1.165, 1.54) is 16.3 Å². The quantitative estimate of drug-likeness (QED) is 0.363. The molecule has 0 bridgehead atoms. The molecule has 0 atom stereocenters. The van der Waals surface area contributed by atoms with Crippen LogP contribution < -0.4 is 10.6 Å². The fourth-order valence-corrected chi connectivity index (χ4v) is 1.98. The van der Waals surface area contributed by atoms with Gasteiger partial charge in [-0.15, -0.1) is 30.4 Å². The summed E-state index contributed by atoms with van der Waals surface area (Å²) >= 11 is 0. The first-order chi connectivity index (χ1) is 9.83. The summed E-state index contributed by atoms with van der Waals surface area (Å²) in [5.41, 5.74) is 1.18. The van der Waals surface area contributed by atoms with E-state index in [4.69, 9.17) is 6.42 Å². The number of nitrogens with zero attached hydrogens (tertiary/aromatic N) is 1. The second-order valence-corrected chi connectivity index (χ2v) is 4.43. The highest BCUT2D eigenvalue weighted by Gasteiger charge is 1.98. The molecule has 0 aliphatic heterocycles. The van der Waals surface area contributed by atoms with E-state index in [2.05, 4.69) is 51.9 Å². The average molecular weight is 393 g/mol. The van der Waals surface area contributed by atoms with Crippen LogP contribution in [0.2, 0.25) is 0 Å². The van der Waals surface area contributed by atoms with E-state index in [1.807, 2.05) is 19.1 Å². The topological polar surface area (TPSA) is 36.4 Å². The van der Waals surface area contributed by atoms with Crippen molar-refractivity contribution in [1.29, 1.82) is 0 Å². The monoisotopic (exact) mass is 393 g/mol. The second kappa shape index (κ2) is 9.24. The largest absolute Gasteiger partial charge is 0.357 e. The highest BCUT2D eigenvalue weighted by atomic mass is 127. The standard InChI is InChI=1S/C17H19N3.HI/c1-3-11-19-17(18-4-2)20-13-14-9-10-15-7-5-6-8-16(15)12-14;/h1,5-10,12H,4,11,13H2,2H3,(H2,18,19,20);1H. The molecule has 4 heteroatoms. The predicted octanol–water partition coefficient (Wildman–Crippen LogP) is 3.15. The van der Waals surface area contributed by atoms with Crippen LogP contribution in [0.3, 0.4) is 0 Å². The van der Waals surface area contributed by atoms with Crippen molar-refractivity contribution in [1.82, 2.24) is 10.6 Å². The first-order valence-corrected chi connectivity index (χ1v) is 6.77. The summed E-state index contributed by atoms with van der Waals surface area (Å²) < 4.78 is 0.